The molecule has 6 nitrogen and oxygen atoms in total. The Morgan fingerprint density at radius 1 is 1.05 bits per heavy atom. The second kappa shape index (κ2) is 5.38. The van der Waals surface area contributed by atoms with Crippen molar-refractivity contribution >= 4 is 31.2 Å². The van der Waals surface area contributed by atoms with Crippen molar-refractivity contribution in [3.05, 3.63) is 23.3 Å². The molecule has 108 valence electrons. The molecule has 3 N–H and O–H groups in total. The Kier molecular flexibility index (Phi) is 4.46. The van der Waals surface area contributed by atoms with Crippen molar-refractivity contribution in [1.29, 1.82) is 0 Å². The molecule has 0 heterocycles. The average Bonchev–Trinajstić information content (AvgIpc) is 2.22. The number of anilines is 2. The maximum atomic E-state index is 11.8. The molecule has 0 aliphatic rings. The Bertz CT molecular complexity index is 679. The number of sulfone groups is 1. The van der Waals surface area contributed by atoms with Crippen LogP contribution in [0.5, 0.6) is 0 Å². The second-order valence-electron chi connectivity index (χ2n) is 4.57. The van der Waals surface area contributed by atoms with Gasteiger partial charge >= 0.3 is 0 Å². The Hall–Kier alpha value is -1.28. The van der Waals surface area contributed by atoms with Gasteiger partial charge in [-0.25, -0.2) is 16.8 Å². The van der Waals surface area contributed by atoms with Crippen LogP contribution in [0.15, 0.2) is 12.1 Å². The average molecular weight is 306 g/mol. The van der Waals surface area contributed by atoms with E-state index in [-0.39, 0.29) is 0 Å². The number of aryl methyl sites for hydroxylation is 2. The SMILES string of the molecule is Cc1cc(C)c(NS(=O)(=O)CCS(C)(=O)=O)cc1N. The zero-order valence-electron chi connectivity index (χ0n) is 11.1. The molecule has 1 aromatic rings. The summed E-state index contributed by atoms with van der Waals surface area (Å²) in [4.78, 5) is 0. The molecule has 0 bridgehead atoms. The predicted molar refractivity (Wildman–Crippen MR) is 77.4 cm³/mol. The van der Waals surface area contributed by atoms with Crippen LogP contribution in [0.3, 0.4) is 0 Å². The molecular formula is C11H18N2O4S2. The fourth-order valence-corrected chi connectivity index (χ4v) is 4.20. The molecule has 0 spiro atoms. The van der Waals surface area contributed by atoms with E-state index in [2.05, 4.69) is 4.72 Å². The summed E-state index contributed by atoms with van der Waals surface area (Å²) in [5.41, 5.74) is 8.16. The van der Waals surface area contributed by atoms with Gasteiger partial charge in [0.05, 0.1) is 17.2 Å². The minimum absolute atomic E-state index is 0.372. The molecule has 8 heteroatoms. The predicted octanol–water partition coefficient (Wildman–Crippen LogP) is 0.672. The largest absolute Gasteiger partial charge is 0.398 e. The van der Waals surface area contributed by atoms with Crippen molar-refractivity contribution < 1.29 is 16.8 Å². The summed E-state index contributed by atoms with van der Waals surface area (Å²) < 4.78 is 47.9. The van der Waals surface area contributed by atoms with E-state index in [0.29, 0.717) is 11.4 Å². The summed E-state index contributed by atoms with van der Waals surface area (Å²) in [6, 6.07) is 3.30. The molecule has 0 atom stereocenters. The lowest BCUT2D eigenvalue weighted by molar-refractivity contribution is 0.593. The fraction of sp³-hybridized carbons (Fsp3) is 0.455. The lowest BCUT2D eigenvalue weighted by Crippen LogP contribution is -2.22. The Balaban J connectivity index is 2.93. The third-order valence-electron chi connectivity index (χ3n) is 2.60. The Morgan fingerprint density at radius 2 is 1.63 bits per heavy atom. The van der Waals surface area contributed by atoms with Gasteiger partial charge in [0.2, 0.25) is 10.0 Å². The number of rotatable bonds is 5. The summed E-state index contributed by atoms with van der Waals surface area (Å²) in [6.07, 6.45) is 0.998. The van der Waals surface area contributed by atoms with Crippen LogP contribution in [0.4, 0.5) is 11.4 Å². The van der Waals surface area contributed by atoms with Gasteiger partial charge in [0.15, 0.2) is 0 Å². The second-order valence-corrected chi connectivity index (χ2v) is 8.68. The van der Waals surface area contributed by atoms with Gasteiger partial charge in [0, 0.05) is 11.9 Å². The van der Waals surface area contributed by atoms with Gasteiger partial charge in [-0.3, -0.25) is 4.72 Å². The van der Waals surface area contributed by atoms with Crippen molar-refractivity contribution in [1.82, 2.24) is 0 Å². The van der Waals surface area contributed by atoms with E-state index in [0.717, 1.165) is 17.4 Å². The van der Waals surface area contributed by atoms with E-state index in [1.165, 1.54) is 6.07 Å². The normalized spacial score (nSPS) is 12.4. The van der Waals surface area contributed by atoms with Crippen molar-refractivity contribution in [3.63, 3.8) is 0 Å². The number of benzene rings is 1. The zero-order chi connectivity index (χ0) is 14.8. The van der Waals surface area contributed by atoms with E-state index >= 15 is 0 Å². The Labute approximate surface area is 114 Å². The van der Waals surface area contributed by atoms with Gasteiger partial charge < -0.3 is 5.73 Å². The number of nitrogens with two attached hydrogens (primary N) is 1. The van der Waals surface area contributed by atoms with Gasteiger partial charge in [0.25, 0.3) is 0 Å². The summed E-state index contributed by atoms with van der Waals surface area (Å²) in [7, 11) is -7.02. The van der Waals surface area contributed by atoms with Crippen molar-refractivity contribution in [2.24, 2.45) is 0 Å². The van der Waals surface area contributed by atoms with Gasteiger partial charge in [0.1, 0.15) is 9.84 Å². The highest BCUT2D eigenvalue weighted by Crippen LogP contribution is 2.23. The maximum absolute atomic E-state index is 11.8. The van der Waals surface area contributed by atoms with E-state index in [4.69, 9.17) is 5.73 Å². The molecule has 0 radical (unpaired) electrons. The van der Waals surface area contributed by atoms with Gasteiger partial charge in [-0.1, -0.05) is 6.07 Å². The van der Waals surface area contributed by atoms with E-state index in [1.54, 1.807) is 13.0 Å². The van der Waals surface area contributed by atoms with E-state index < -0.39 is 31.4 Å². The topological polar surface area (TPSA) is 106 Å². The lowest BCUT2D eigenvalue weighted by Gasteiger charge is -2.12. The van der Waals surface area contributed by atoms with Crippen LogP contribution in [0.2, 0.25) is 0 Å². The van der Waals surface area contributed by atoms with E-state index in [1.807, 2.05) is 6.92 Å². The molecule has 0 unspecified atom stereocenters. The first-order valence-electron chi connectivity index (χ1n) is 5.55. The third kappa shape index (κ3) is 5.07. The third-order valence-corrected chi connectivity index (χ3v) is 5.08. The number of hydrogen-bond acceptors (Lipinski definition) is 5. The fourth-order valence-electron chi connectivity index (χ4n) is 1.46. The standard InChI is InChI=1S/C11H18N2O4S2/c1-8-6-9(2)11(7-10(8)12)13-19(16,17)5-4-18(3,14)15/h6-7,13H,4-5,12H2,1-3H3. The van der Waals surface area contributed by atoms with Crippen LogP contribution in [-0.2, 0) is 19.9 Å². The van der Waals surface area contributed by atoms with Gasteiger partial charge in [-0.15, -0.1) is 0 Å². The minimum atomic E-state index is -3.70. The molecule has 1 aromatic carbocycles. The molecule has 0 fully saturated rings. The molecule has 1 rings (SSSR count). The van der Waals surface area contributed by atoms with Crippen molar-refractivity contribution in [2.75, 3.05) is 28.2 Å². The Morgan fingerprint density at radius 3 is 2.16 bits per heavy atom. The quantitative estimate of drug-likeness (QED) is 0.778. The van der Waals surface area contributed by atoms with Crippen LogP contribution in [-0.4, -0.2) is 34.6 Å². The minimum Gasteiger partial charge on any atom is -0.398 e. The van der Waals surface area contributed by atoms with Crippen molar-refractivity contribution in [2.45, 2.75) is 13.8 Å². The molecule has 0 saturated carbocycles. The molecule has 0 amide bonds. The number of sulfonamides is 1. The molecule has 0 aliphatic carbocycles. The first-order chi connectivity index (χ1) is 8.50. The summed E-state index contributed by atoms with van der Waals surface area (Å²) >= 11 is 0. The molecule has 19 heavy (non-hydrogen) atoms. The highest BCUT2D eigenvalue weighted by Gasteiger charge is 2.16. The van der Waals surface area contributed by atoms with Crippen LogP contribution in [0.1, 0.15) is 11.1 Å². The highest BCUT2D eigenvalue weighted by atomic mass is 32.2. The number of nitrogens with one attached hydrogen (secondary N) is 1. The highest BCUT2D eigenvalue weighted by molar-refractivity contribution is 7.95. The zero-order valence-corrected chi connectivity index (χ0v) is 12.7. The van der Waals surface area contributed by atoms with Gasteiger partial charge in [-0.2, -0.15) is 0 Å². The smallest absolute Gasteiger partial charge is 0.233 e. The summed E-state index contributed by atoms with van der Waals surface area (Å²) in [5, 5.41) is 0. The molecular weight excluding hydrogens is 288 g/mol. The van der Waals surface area contributed by atoms with Crippen molar-refractivity contribution in [3.8, 4) is 0 Å². The van der Waals surface area contributed by atoms with Gasteiger partial charge in [-0.05, 0) is 31.0 Å². The number of nitrogen functional groups attached to an aromatic ring is 1. The van der Waals surface area contributed by atoms with Crippen LogP contribution in [0, 0.1) is 13.8 Å². The molecule has 0 aromatic heterocycles. The molecule has 0 saturated heterocycles. The van der Waals surface area contributed by atoms with Crippen LogP contribution < -0.4 is 10.5 Å². The number of hydrogen-bond donors (Lipinski definition) is 2. The maximum Gasteiger partial charge on any atom is 0.233 e. The summed E-state index contributed by atoms with van der Waals surface area (Å²) in [5.74, 6) is -0.887. The summed E-state index contributed by atoms with van der Waals surface area (Å²) in [6.45, 7) is 3.57. The first kappa shape index (κ1) is 15.8. The van der Waals surface area contributed by atoms with Crippen LogP contribution >= 0.6 is 0 Å². The monoisotopic (exact) mass is 306 g/mol. The molecule has 0 aliphatic heterocycles. The van der Waals surface area contributed by atoms with E-state index in [9.17, 15) is 16.8 Å². The first-order valence-corrected chi connectivity index (χ1v) is 9.26. The van der Waals surface area contributed by atoms with Crippen LogP contribution in [0.25, 0.3) is 0 Å². The lowest BCUT2D eigenvalue weighted by atomic mass is 10.1.